The first kappa shape index (κ1) is 10.7. The Balaban J connectivity index is 2.33. The molecule has 0 amide bonds. The molecule has 0 aromatic carbocycles. The molecule has 0 aliphatic heterocycles. The molecule has 1 saturated carbocycles. The lowest BCUT2D eigenvalue weighted by atomic mass is 9.75. The summed E-state index contributed by atoms with van der Waals surface area (Å²) in [5.74, 6) is 0. The minimum atomic E-state index is 0.0568. The van der Waals surface area contributed by atoms with Gasteiger partial charge in [0.2, 0.25) is 0 Å². The Hall–Kier alpha value is -0.340. The highest BCUT2D eigenvalue weighted by molar-refractivity contribution is 4.82. The van der Waals surface area contributed by atoms with Crippen LogP contribution in [0.15, 0.2) is 12.7 Å². The normalized spacial score (nSPS) is 21.3. The molecule has 0 spiro atoms. The Kier molecular flexibility index (Phi) is 4.46. The summed E-state index contributed by atoms with van der Waals surface area (Å²) in [6, 6.07) is 0. The fraction of sp³-hybridized carbons (Fsp3) is 0.818. The van der Waals surface area contributed by atoms with Gasteiger partial charge in [0, 0.05) is 5.41 Å². The van der Waals surface area contributed by atoms with Gasteiger partial charge in [-0.15, -0.1) is 6.58 Å². The molecular weight excluding hydrogens is 164 g/mol. The van der Waals surface area contributed by atoms with Crippen LogP contribution < -0.4 is 0 Å². The summed E-state index contributed by atoms with van der Waals surface area (Å²) in [5.41, 5.74) is 0.0568. The summed E-state index contributed by atoms with van der Waals surface area (Å²) >= 11 is 0. The minimum absolute atomic E-state index is 0.0568. The summed E-state index contributed by atoms with van der Waals surface area (Å²) in [4.78, 5) is 0. The zero-order valence-corrected chi connectivity index (χ0v) is 8.30. The van der Waals surface area contributed by atoms with E-state index in [4.69, 9.17) is 4.74 Å². The third-order valence-electron chi connectivity index (χ3n) is 2.89. The first-order chi connectivity index (χ1) is 6.33. The Morgan fingerprint density at radius 2 is 2.00 bits per heavy atom. The summed E-state index contributed by atoms with van der Waals surface area (Å²) < 4.78 is 5.44. The van der Waals surface area contributed by atoms with E-state index in [1.54, 1.807) is 6.08 Å². The molecule has 0 heterocycles. The second kappa shape index (κ2) is 5.40. The van der Waals surface area contributed by atoms with Gasteiger partial charge in [-0.05, 0) is 12.8 Å². The molecule has 0 bridgehead atoms. The molecule has 76 valence electrons. The highest BCUT2D eigenvalue weighted by Crippen LogP contribution is 2.35. The van der Waals surface area contributed by atoms with Crippen molar-refractivity contribution >= 4 is 0 Å². The van der Waals surface area contributed by atoms with Crippen LogP contribution in [0.5, 0.6) is 0 Å². The molecule has 2 heteroatoms. The van der Waals surface area contributed by atoms with E-state index in [0.29, 0.717) is 13.2 Å². The van der Waals surface area contributed by atoms with Gasteiger partial charge in [0.15, 0.2) is 0 Å². The van der Waals surface area contributed by atoms with Crippen LogP contribution in [-0.4, -0.2) is 24.9 Å². The molecule has 1 N–H and O–H groups in total. The second-order valence-electron chi connectivity index (χ2n) is 4.02. The molecule has 2 nitrogen and oxygen atoms in total. The van der Waals surface area contributed by atoms with Gasteiger partial charge < -0.3 is 9.84 Å². The van der Waals surface area contributed by atoms with Crippen molar-refractivity contribution in [3.05, 3.63) is 12.7 Å². The van der Waals surface area contributed by atoms with Gasteiger partial charge in [0.25, 0.3) is 0 Å². The van der Waals surface area contributed by atoms with Crippen molar-refractivity contribution in [3.63, 3.8) is 0 Å². The van der Waals surface area contributed by atoms with Crippen LogP contribution in [0.1, 0.15) is 32.1 Å². The number of ether oxygens (including phenoxy) is 1. The summed E-state index contributed by atoms with van der Waals surface area (Å²) in [6.45, 7) is 5.16. The molecule has 0 radical (unpaired) electrons. The minimum Gasteiger partial charge on any atom is -0.396 e. The SMILES string of the molecule is C=CCOCC1(CO)CCCCC1. The number of hydrogen-bond donors (Lipinski definition) is 1. The molecular formula is C11H20O2. The van der Waals surface area contributed by atoms with E-state index in [9.17, 15) is 5.11 Å². The van der Waals surface area contributed by atoms with Crippen molar-refractivity contribution in [2.24, 2.45) is 5.41 Å². The van der Waals surface area contributed by atoms with Gasteiger partial charge in [-0.2, -0.15) is 0 Å². The van der Waals surface area contributed by atoms with Crippen LogP contribution in [-0.2, 0) is 4.74 Å². The van der Waals surface area contributed by atoms with E-state index in [2.05, 4.69) is 6.58 Å². The van der Waals surface area contributed by atoms with Crippen LogP contribution in [0.4, 0.5) is 0 Å². The molecule has 0 aromatic rings. The maximum atomic E-state index is 9.34. The fourth-order valence-corrected chi connectivity index (χ4v) is 2.01. The average Bonchev–Trinajstić information content (AvgIpc) is 2.20. The Labute approximate surface area is 80.6 Å². The number of aliphatic hydroxyl groups is 1. The molecule has 1 aliphatic rings. The topological polar surface area (TPSA) is 29.5 Å². The monoisotopic (exact) mass is 184 g/mol. The van der Waals surface area contributed by atoms with Crippen molar-refractivity contribution in [1.82, 2.24) is 0 Å². The molecule has 0 saturated heterocycles. The van der Waals surface area contributed by atoms with Crippen LogP contribution in [0.3, 0.4) is 0 Å². The molecule has 1 fully saturated rings. The zero-order chi connectivity index (χ0) is 9.57. The predicted octanol–water partition coefficient (Wildman–Crippen LogP) is 2.13. The lowest BCUT2D eigenvalue weighted by Gasteiger charge is -2.35. The number of aliphatic hydroxyl groups excluding tert-OH is 1. The maximum Gasteiger partial charge on any atom is 0.0645 e. The summed E-state index contributed by atoms with van der Waals surface area (Å²) in [5, 5.41) is 9.34. The largest absolute Gasteiger partial charge is 0.396 e. The highest BCUT2D eigenvalue weighted by Gasteiger charge is 2.31. The van der Waals surface area contributed by atoms with Crippen LogP contribution in [0, 0.1) is 5.41 Å². The second-order valence-corrected chi connectivity index (χ2v) is 4.02. The Morgan fingerprint density at radius 1 is 1.31 bits per heavy atom. The van der Waals surface area contributed by atoms with E-state index in [1.165, 1.54) is 19.3 Å². The lowest BCUT2D eigenvalue weighted by molar-refractivity contribution is -0.00772. The molecule has 0 unspecified atom stereocenters. The number of rotatable bonds is 5. The molecule has 0 atom stereocenters. The zero-order valence-electron chi connectivity index (χ0n) is 8.30. The Bertz CT molecular complexity index is 148. The Morgan fingerprint density at radius 3 is 2.54 bits per heavy atom. The van der Waals surface area contributed by atoms with Crippen LogP contribution in [0.25, 0.3) is 0 Å². The molecule has 1 aliphatic carbocycles. The summed E-state index contributed by atoms with van der Waals surface area (Å²) in [7, 11) is 0. The van der Waals surface area contributed by atoms with Crippen LogP contribution >= 0.6 is 0 Å². The van der Waals surface area contributed by atoms with Gasteiger partial charge >= 0.3 is 0 Å². The highest BCUT2D eigenvalue weighted by atomic mass is 16.5. The van der Waals surface area contributed by atoms with Gasteiger partial charge in [0.1, 0.15) is 0 Å². The van der Waals surface area contributed by atoms with E-state index < -0.39 is 0 Å². The molecule has 0 aromatic heterocycles. The predicted molar refractivity (Wildman–Crippen MR) is 53.6 cm³/mol. The quantitative estimate of drug-likeness (QED) is 0.524. The molecule has 13 heavy (non-hydrogen) atoms. The van der Waals surface area contributed by atoms with Gasteiger partial charge in [-0.25, -0.2) is 0 Å². The van der Waals surface area contributed by atoms with Gasteiger partial charge in [-0.3, -0.25) is 0 Å². The first-order valence-corrected chi connectivity index (χ1v) is 5.12. The first-order valence-electron chi connectivity index (χ1n) is 5.12. The number of hydrogen-bond acceptors (Lipinski definition) is 2. The van der Waals surface area contributed by atoms with Gasteiger partial charge in [-0.1, -0.05) is 25.3 Å². The van der Waals surface area contributed by atoms with E-state index in [-0.39, 0.29) is 12.0 Å². The summed E-state index contributed by atoms with van der Waals surface area (Å²) in [6.07, 6.45) is 7.76. The van der Waals surface area contributed by atoms with Crippen molar-refractivity contribution < 1.29 is 9.84 Å². The average molecular weight is 184 g/mol. The van der Waals surface area contributed by atoms with E-state index in [0.717, 1.165) is 12.8 Å². The third-order valence-corrected chi connectivity index (χ3v) is 2.89. The fourth-order valence-electron chi connectivity index (χ4n) is 2.01. The molecule has 1 rings (SSSR count). The van der Waals surface area contributed by atoms with Crippen molar-refractivity contribution in [3.8, 4) is 0 Å². The lowest BCUT2D eigenvalue weighted by Crippen LogP contribution is -2.33. The van der Waals surface area contributed by atoms with Crippen molar-refractivity contribution in [1.29, 1.82) is 0 Å². The smallest absolute Gasteiger partial charge is 0.0645 e. The van der Waals surface area contributed by atoms with Crippen molar-refractivity contribution in [2.75, 3.05) is 19.8 Å². The van der Waals surface area contributed by atoms with Gasteiger partial charge in [0.05, 0.1) is 19.8 Å². The van der Waals surface area contributed by atoms with Crippen molar-refractivity contribution in [2.45, 2.75) is 32.1 Å². The standard InChI is InChI=1S/C11H20O2/c1-2-8-13-10-11(9-12)6-4-3-5-7-11/h2,12H,1,3-10H2. The van der Waals surface area contributed by atoms with E-state index >= 15 is 0 Å². The van der Waals surface area contributed by atoms with Crippen LogP contribution in [0.2, 0.25) is 0 Å². The maximum absolute atomic E-state index is 9.34. The van der Waals surface area contributed by atoms with E-state index in [1.807, 2.05) is 0 Å². The third kappa shape index (κ3) is 3.12.